The van der Waals surface area contributed by atoms with Gasteiger partial charge in [-0.2, -0.15) is 0 Å². The van der Waals surface area contributed by atoms with Crippen LogP contribution in [0.5, 0.6) is 0 Å². The molecule has 3 atom stereocenters. The predicted molar refractivity (Wildman–Crippen MR) is 127 cm³/mol. The third-order valence-corrected chi connectivity index (χ3v) is 6.55. The Bertz CT molecular complexity index is 1330. The molecule has 3 aromatic carbocycles. The van der Waals surface area contributed by atoms with E-state index in [0.29, 0.717) is 16.9 Å². The van der Waals surface area contributed by atoms with Crippen LogP contribution in [0.3, 0.4) is 0 Å². The van der Waals surface area contributed by atoms with Gasteiger partial charge in [-0.1, -0.05) is 53.6 Å². The molecular formula is C25H20ClN3O5. The van der Waals surface area contributed by atoms with Crippen molar-refractivity contribution < 1.29 is 19.3 Å². The molecule has 3 aromatic rings. The number of carbonyl (C=O) groups excluding carboxylic acids is 2. The zero-order chi connectivity index (χ0) is 24.1. The van der Waals surface area contributed by atoms with E-state index in [2.05, 4.69) is 0 Å². The lowest BCUT2D eigenvalue weighted by atomic mass is 9.90. The van der Waals surface area contributed by atoms with Gasteiger partial charge in [-0.3, -0.25) is 24.5 Å². The van der Waals surface area contributed by atoms with E-state index in [-0.39, 0.29) is 10.7 Å². The van der Waals surface area contributed by atoms with Crippen LogP contribution < -0.4 is 9.96 Å². The summed E-state index contributed by atoms with van der Waals surface area (Å²) >= 11 is 6.03. The molecule has 2 heterocycles. The fourth-order valence-corrected chi connectivity index (χ4v) is 4.89. The summed E-state index contributed by atoms with van der Waals surface area (Å²) in [6.45, 7) is 3.78. The van der Waals surface area contributed by atoms with Gasteiger partial charge < -0.3 is 0 Å². The van der Waals surface area contributed by atoms with Gasteiger partial charge >= 0.3 is 0 Å². The van der Waals surface area contributed by atoms with Crippen molar-refractivity contribution in [2.75, 3.05) is 9.96 Å². The quantitative estimate of drug-likeness (QED) is 0.301. The van der Waals surface area contributed by atoms with Crippen LogP contribution in [-0.2, 0) is 14.4 Å². The summed E-state index contributed by atoms with van der Waals surface area (Å²) in [6.07, 6.45) is -1.06. The molecule has 34 heavy (non-hydrogen) atoms. The summed E-state index contributed by atoms with van der Waals surface area (Å²) in [4.78, 5) is 45.4. The Morgan fingerprint density at radius 3 is 2.38 bits per heavy atom. The van der Waals surface area contributed by atoms with E-state index >= 15 is 0 Å². The molecule has 0 unspecified atom stereocenters. The lowest BCUT2D eigenvalue weighted by molar-refractivity contribution is -0.384. The van der Waals surface area contributed by atoms with E-state index in [1.807, 2.05) is 32.0 Å². The Balaban J connectivity index is 1.63. The Morgan fingerprint density at radius 2 is 1.71 bits per heavy atom. The van der Waals surface area contributed by atoms with Crippen molar-refractivity contribution in [3.63, 3.8) is 0 Å². The first-order valence-electron chi connectivity index (χ1n) is 10.7. The molecule has 2 saturated heterocycles. The fourth-order valence-electron chi connectivity index (χ4n) is 4.70. The highest BCUT2D eigenvalue weighted by Gasteiger charge is 2.60. The van der Waals surface area contributed by atoms with Crippen molar-refractivity contribution in [1.82, 2.24) is 0 Å². The molecule has 9 heteroatoms. The lowest BCUT2D eigenvalue weighted by Gasteiger charge is -2.29. The number of aryl methyl sites for hydroxylation is 2. The van der Waals surface area contributed by atoms with Gasteiger partial charge in [-0.25, -0.2) is 9.96 Å². The number of rotatable bonds is 4. The molecule has 172 valence electrons. The largest absolute Gasteiger partial charge is 0.288 e. The number of hydrogen-bond acceptors (Lipinski definition) is 6. The molecule has 0 radical (unpaired) electrons. The molecule has 0 aliphatic carbocycles. The van der Waals surface area contributed by atoms with Crippen molar-refractivity contribution in [1.29, 1.82) is 0 Å². The van der Waals surface area contributed by atoms with Crippen LogP contribution >= 0.6 is 11.6 Å². The standard InChI is InChI=1S/C25H20ClN3O5/c1-14-8-11-19(15(2)12-14)27-24(30)21-22(16-9-10-18(26)20(13-16)29(32)33)28(34-23(21)25(27)31)17-6-4-3-5-7-17/h3-13,21-23H,1-2H3/t21-,22-,23-/m1/s1. The maximum atomic E-state index is 13.7. The van der Waals surface area contributed by atoms with Crippen LogP contribution in [0.2, 0.25) is 5.02 Å². The molecule has 2 amide bonds. The van der Waals surface area contributed by atoms with E-state index in [9.17, 15) is 19.7 Å². The van der Waals surface area contributed by atoms with Gasteiger partial charge in [0.05, 0.1) is 22.3 Å². The predicted octanol–water partition coefficient (Wildman–Crippen LogP) is 4.92. The minimum absolute atomic E-state index is 0.0128. The molecule has 0 spiro atoms. The molecule has 2 fully saturated rings. The highest BCUT2D eigenvalue weighted by Crippen LogP contribution is 2.48. The molecule has 2 aliphatic rings. The van der Waals surface area contributed by atoms with Crippen molar-refractivity contribution in [2.24, 2.45) is 5.92 Å². The van der Waals surface area contributed by atoms with Crippen LogP contribution in [0.25, 0.3) is 0 Å². The number of carbonyl (C=O) groups is 2. The number of nitro benzene ring substituents is 1. The lowest BCUT2D eigenvalue weighted by Crippen LogP contribution is -2.37. The van der Waals surface area contributed by atoms with E-state index in [1.54, 1.807) is 36.4 Å². The van der Waals surface area contributed by atoms with Gasteiger partial charge in [-0.05, 0) is 49.2 Å². The summed E-state index contributed by atoms with van der Waals surface area (Å²) in [7, 11) is 0. The monoisotopic (exact) mass is 477 g/mol. The zero-order valence-corrected chi connectivity index (χ0v) is 19.1. The Morgan fingerprint density at radius 1 is 0.971 bits per heavy atom. The van der Waals surface area contributed by atoms with Gasteiger partial charge in [0.25, 0.3) is 11.6 Å². The van der Waals surface area contributed by atoms with Crippen molar-refractivity contribution >= 4 is 40.5 Å². The smallest absolute Gasteiger partial charge is 0.273 e. The molecule has 5 rings (SSSR count). The summed E-state index contributed by atoms with van der Waals surface area (Å²) in [5.74, 6) is -1.77. The van der Waals surface area contributed by atoms with Gasteiger partial charge in [0.1, 0.15) is 10.9 Å². The first kappa shape index (κ1) is 22.1. The van der Waals surface area contributed by atoms with Crippen LogP contribution in [0.15, 0.2) is 66.7 Å². The number of nitro groups is 1. The molecule has 0 bridgehead atoms. The number of anilines is 2. The van der Waals surface area contributed by atoms with E-state index < -0.39 is 34.8 Å². The summed E-state index contributed by atoms with van der Waals surface area (Å²) < 4.78 is 0. The third kappa shape index (κ3) is 3.43. The first-order valence-corrected chi connectivity index (χ1v) is 11.1. The van der Waals surface area contributed by atoms with Gasteiger partial charge in [-0.15, -0.1) is 0 Å². The Kier molecular flexibility index (Phi) is 5.34. The van der Waals surface area contributed by atoms with E-state index in [0.717, 1.165) is 11.1 Å². The average molecular weight is 478 g/mol. The van der Waals surface area contributed by atoms with Gasteiger partial charge in [0.15, 0.2) is 6.10 Å². The number of imide groups is 1. The third-order valence-electron chi connectivity index (χ3n) is 6.23. The maximum Gasteiger partial charge on any atom is 0.288 e. The zero-order valence-electron chi connectivity index (χ0n) is 18.3. The number of halogens is 1. The molecule has 0 aromatic heterocycles. The summed E-state index contributed by atoms with van der Waals surface area (Å²) in [5, 5.41) is 13.0. The van der Waals surface area contributed by atoms with Crippen LogP contribution in [0.4, 0.5) is 17.1 Å². The second-order valence-electron chi connectivity index (χ2n) is 8.43. The highest BCUT2D eigenvalue weighted by molar-refractivity contribution is 6.32. The van der Waals surface area contributed by atoms with Gasteiger partial charge in [0.2, 0.25) is 5.91 Å². The second-order valence-corrected chi connectivity index (χ2v) is 8.83. The number of nitrogens with zero attached hydrogens (tertiary/aromatic N) is 3. The Labute approximate surface area is 200 Å². The highest BCUT2D eigenvalue weighted by atomic mass is 35.5. The first-order chi connectivity index (χ1) is 16.3. The van der Waals surface area contributed by atoms with E-state index in [1.165, 1.54) is 22.1 Å². The molecule has 0 N–H and O–H groups in total. The number of fused-ring (bicyclic) bond motifs is 1. The molecule has 2 aliphatic heterocycles. The maximum absolute atomic E-state index is 13.7. The minimum atomic E-state index is -1.06. The van der Waals surface area contributed by atoms with Gasteiger partial charge in [0, 0.05) is 6.07 Å². The normalized spacial score (nSPS) is 21.8. The van der Waals surface area contributed by atoms with Crippen LogP contribution in [-0.4, -0.2) is 22.8 Å². The molecule has 0 saturated carbocycles. The number of hydroxylamine groups is 1. The van der Waals surface area contributed by atoms with Crippen molar-refractivity contribution in [3.8, 4) is 0 Å². The van der Waals surface area contributed by atoms with Crippen LogP contribution in [0, 0.1) is 29.9 Å². The minimum Gasteiger partial charge on any atom is -0.273 e. The average Bonchev–Trinajstić information content (AvgIpc) is 3.31. The summed E-state index contributed by atoms with van der Waals surface area (Å²) in [6, 6.07) is 18.1. The number of amides is 2. The molecule has 8 nitrogen and oxygen atoms in total. The van der Waals surface area contributed by atoms with Crippen molar-refractivity contribution in [3.05, 3.63) is 98.6 Å². The number of para-hydroxylation sites is 1. The summed E-state index contributed by atoms with van der Waals surface area (Å²) in [5.41, 5.74) is 3.11. The molecular weight excluding hydrogens is 458 g/mol. The topological polar surface area (TPSA) is 93.0 Å². The number of benzene rings is 3. The number of hydrogen-bond donors (Lipinski definition) is 0. The second kappa shape index (κ2) is 8.23. The Hall–Kier alpha value is -3.75. The van der Waals surface area contributed by atoms with E-state index in [4.69, 9.17) is 16.4 Å². The fraction of sp³-hybridized carbons (Fsp3) is 0.200. The SMILES string of the molecule is Cc1ccc(N2C(=O)[C@@H]3[C@@H](c4ccc(Cl)c([N+](=O)[O-])c4)N(c4ccccc4)O[C@H]3C2=O)c(C)c1. The van der Waals surface area contributed by atoms with Crippen molar-refractivity contribution in [2.45, 2.75) is 26.0 Å². The van der Waals surface area contributed by atoms with Crippen LogP contribution in [0.1, 0.15) is 22.7 Å².